The average Bonchev–Trinajstić information content (AvgIpc) is 2.28. The molecule has 0 aliphatic heterocycles. The first-order valence-electron chi connectivity index (χ1n) is 5.68. The fraction of sp³-hybridized carbons (Fsp3) is 0.500. The van der Waals surface area contributed by atoms with Crippen molar-refractivity contribution in [2.75, 3.05) is 7.05 Å². The van der Waals surface area contributed by atoms with Crippen LogP contribution in [0.2, 0.25) is 0 Å². The lowest BCUT2D eigenvalue weighted by Crippen LogP contribution is -2.27. The lowest BCUT2D eigenvalue weighted by molar-refractivity contribution is -0.385. The first-order valence-corrected chi connectivity index (χ1v) is 6.47. The zero-order chi connectivity index (χ0) is 12.8. The monoisotopic (exact) mass is 300 g/mol. The minimum Gasteiger partial charge on any atom is -0.317 e. The zero-order valence-corrected chi connectivity index (χ0v) is 11.7. The number of nitro benzene ring substituents is 1. The summed E-state index contributed by atoms with van der Waals surface area (Å²) in [5.41, 5.74) is 0.974. The number of likely N-dealkylation sites (N-methyl/N-ethyl adjacent to an activating group) is 1. The molecule has 1 aromatic carbocycles. The first kappa shape index (κ1) is 14.1. The zero-order valence-electron chi connectivity index (χ0n) is 10.1. The van der Waals surface area contributed by atoms with Crippen LogP contribution in [0.3, 0.4) is 0 Å². The van der Waals surface area contributed by atoms with E-state index in [-0.39, 0.29) is 16.7 Å². The van der Waals surface area contributed by atoms with E-state index in [1.807, 2.05) is 13.1 Å². The Kier molecular flexibility index (Phi) is 5.58. The highest BCUT2D eigenvalue weighted by atomic mass is 79.9. The van der Waals surface area contributed by atoms with Crippen LogP contribution < -0.4 is 5.32 Å². The van der Waals surface area contributed by atoms with E-state index < -0.39 is 0 Å². The third-order valence-electron chi connectivity index (χ3n) is 2.75. The van der Waals surface area contributed by atoms with Crippen LogP contribution in [0.5, 0.6) is 0 Å². The van der Waals surface area contributed by atoms with Gasteiger partial charge in [0.1, 0.15) is 0 Å². The smallest absolute Gasteiger partial charge is 0.272 e. The second-order valence-corrected chi connectivity index (χ2v) is 4.92. The summed E-state index contributed by atoms with van der Waals surface area (Å²) in [5, 5.41) is 14.1. The van der Waals surface area contributed by atoms with E-state index in [2.05, 4.69) is 28.2 Å². The van der Waals surface area contributed by atoms with E-state index in [9.17, 15) is 10.1 Å². The summed E-state index contributed by atoms with van der Waals surface area (Å²) in [5.74, 6) is 0. The van der Waals surface area contributed by atoms with Crippen LogP contribution in [-0.2, 0) is 6.42 Å². The molecule has 1 atom stereocenters. The molecule has 5 heteroatoms. The number of nitro groups is 1. The van der Waals surface area contributed by atoms with Crippen molar-refractivity contribution < 1.29 is 4.92 Å². The van der Waals surface area contributed by atoms with E-state index in [1.54, 1.807) is 12.1 Å². The van der Waals surface area contributed by atoms with Gasteiger partial charge in [0.2, 0.25) is 0 Å². The second kappa shape index (κ2) is 6.71. The van der Waals surface area contributed by atoms with E-state index in [4.69, 9.17) is 0 Å². The van der Waals surface area contributed by atoms with Gasteiger partial charge in [0.15, 0.2) is 0 Å². The van der Waals surface area contributed by atoms with Gasteiger partial charge in [0.05, 0.1) is 4.92 Å². The molecule has 1 N–H and O–H groups in total. The molecule has 1 unspecified atom stereocenters. The highest BCUT2D eigenvalue weighted by Gasteiger charge is 2.17. The number of nitrogens with one attached hydrogen (secondary N) is 1. The number of rotatable bonds is 6. The summed E-state index contributed by atoms with van der Waals surface area (Å²) < 4.78 is 0.879. The average molecular weight is 301 g/mol. The SMILES string of the molecule is CCCC(Cc1cc(Br)ccc1[N+](=O)[O-])NC. The molecule has 17 heavy (non-hydrogen) atoms. The number of hydrogen-bond acceptors (Lipinski definition) is 3. The highest BCUT2D eigenvalue weighted by molar-refractivity contribution is 9.10. The van der Waals surface area contributed by atoms with Gasteiger partial charge in [0.25, 0.3) is 5.69 Å². The van der Waals surface area contributed by atoms with Gasteiger partial charge in [-0.1, -0.05) is 29.3 Å². The summed E-state index contributed by atoms with van der Waals surface area (Å²) in [6.07, 6.45) is 2.76. The maximum Gasteiger partial charge on any atom is 0.272 e. The van der Waals surface area contributed by atoms with Crippen molar-refractivity contribution in [3.05, 3.63) is 38.3 Å². The van der Waals surface area contributed by atoms with Gasteiger partial charge in [-0.15, -0.1) is 0 Å². The fourth-order valence-corrected chi connectivity index (χ4v) is 2.27. The van der Waals surface area contributed by atoms with Crippen LogP contribution >= 0.6 is 15.9 Å². The minimum absolute atomic E-state index is 0.199. The molecule has 0 amide bonds. The summed E-state index contributed by atoms with van der Waals surface area (Å²) in [4.78, 5) is 10.6. The third kappa shape index (κ3) is 4.09. The Hall–Kier alpha value is -0.940. The molecule has 0 fully saturated rings. The van der Waals surface area contributed by atoms with Gasteiger partial charge in [-0.25, -0.2) is 0 Å². The first-order chi connectivity index (χ1) is 8.08. The normalized spacial score (nSPS) is 12.4. The Bertz CT molecular complexity index is 396. The van der Waals surface area contributed by atoms with Gasteiger partial charge < -0.3 is 5.32 Å². The summed E-state index contributed by atoms with van der Waals surface area (Å²) >= 11 is 3.35. The van der Waals surface area contributed by atoms with Crippen LogP contribution in [0.15, 0.2) is 22.7 Å². The van der Waals surface area contributed by atoms with Crippen molar-refractivity contribution in [1.82, 2.24) is 5.32 Å². The lowest BCUT2D eigenvalue weighted by Gasteiger charge is -2.15. The fourth-order valence-electron chi connectivity index (χ4n) is 1.86. The Morgan fingerprint density at radius 1 is 1.53 bits per heavy atom. The van der Waals surface area contributed by atoms with E-state index in [0.717, 1.165) is 22.9 Å². The molecular weight excluding hydrogens is 284 g/mol. The van der Waals surface area contributed by atoms with Crippen LogP contribution in [0.4, 0.5) is 5.69 Å². The van der Waals surface area contributed by atoms with Crippen molar-refractivity contribution in [2.24, 2.45) is 0 Å². The molecule has 0 saturated heterocycles. The van der Waals surface area contributed by atoms with Gasteiger partial charge in [-0.2, -0.15) is 0 Å². The maximum absolute atomic E-state index is 10.9. The quantitative estimate of drug-likeness (QED) is 0.648. The van der Waals surface area contributed by atoms with Crippen molar-refractivity contribution in [2.45, 2.75) is 32.2 Å². The van der Waals surface area contributed by atoms with E-state index in [1.165, 1.54) is 0 Å². The van der Waals surface area contributed by atoms with Gasteiger partial charge in [-0.05, 0) is 32.0 Å². The molecule has 0 saturated carbocycles. The van der Waals surface area contributed by atoms with E-state index in [0.29, 0.717) is 6.42 Å². The van der Waals surface area contributed by atoms with Crippen LogP contribution in [0.1, 0.15) is 25.3 Å². The molecule has 94 valence electrons. The second-order valence-electron chi connectivity index (χ2n) is 4.01. The summed E-state index contributed by atoms with van der Waals surface area (Å²) in [6, 6.07) is 5.37. The van der Waals surface area contributed by atoms with Gasteiger partial charge in [0, 0.05) is 22.1 Å². The number of benzene rings is 1. The molecule has 0 aliphatic rings. The third-order valence-corrected chi connectivity index (χ3v) is 3.24. The topological polar surface area (TPSA) is 55.2 Å². The molecule has 0 radical (unpaired) electrons. The van der Waals surface area contributed by atoms with Gasteiger partial charge in [-0.3, -0.25) is 10.1 Å². The largest absolute Gasteiger partial charge is 0.317 e. The van der Waals surface area contributed by atoms with Crippen molar-refractivity contribution >= 4 is 21.6 Å². The number of halogens is 1. The summed E-state index contributed by atoms with van der Waals surface area (Å²) in [7, 11) is 1.89. The molecular formula is C12H17BrN2O2. The number of nitrogens with zero attached hydrogens (tertiary/aromatic N) is 1. The van der Waals surface area contributed by atoms with Crippen LogP contribution in [0, 0.1) is 10.1 Å². The highest BCUT2D eigenvalue weighted by Crippen LogP contribution is 2.24. The predicted molar refractivity (Wildman–Crippen MR) is 72.3 cm³/mol. The summed E-state index contributed by atoms with van der Waals surface area (Å²) in [6.45, 7) is 2.11. The Morgan fingerprint density at radius 2 is 2.24 bits per heavy atom. The van der Waals surface area contributed by atoms with Crippen molar-refractivity contribution in [1.29, 1.82) is 0 Å². The van der Waals surface area contributed by atoms with Crippen molar-refractivity contribution in [3.63, 3.8) is 0 Å². The molecule has 0 bridgehead atoms. The lowest BCUT2D eigenvalue weighted by atomic mass is 10.0. The molecule has 0 heterocycles. The van der Waals surface area contributed by atoms with Crippen LogP contribution in [-0.4, -0.2) is 18.0 Å². The Morgan fingerprint density at radius 3 is 2.76 bits per heavy atom. The van der Waals surface area contributed by atoms with Crippen molar-refractivity contribution in [3.8, 4) is 0 Å². The van der Waals surface area contributed by atoms with Gasteiger partial charge >= 0.3 is 0 Å². The molecule has 0 spiro atoms. The Labute approximate surface area is 110 Å². The van der Waals surface area contributed by atoms with Crippen LogP contribution in [0.25, 0.3) is 0 Å². The molecule has 0 aliphatic carbocycles. The minimum atomic E-state index is -0.319. The molecule has 4 nitrogen and oxygen atoms in total. The molecule has 1 rings (SSSR count). The molecule has 1 aromatic rings. The molecule has 0 aromatic heterocycles. The standard InChI is InChI=1S/C12H17BrN2O2/c1-3-4-11(14-2)8-9-7-10(13)5-6-12(9)15(16)17/h5-7,11,14H,3-4,8H2,1-2H3. The predicted octanol–water partition coefficient (Wildman–Crippen LogP) is 3.29. The number of hydrogen-bond donors (Lipinski definition) is 1. The maximum atomic E-state index is 10.9. The van der Waals surface area contributed by atoms with E-state index >= 15 is 0 Å². The Balaban J connectivity index is 2.94.